The van der Waals surface area contributed by atoms with E-state index in [1.165, 1.54) is 15.6 Å². The van der Waals surface area contributed by atoms with Gasteiger partial charge in [0.1, 0.15) is 10.7 Å². The van der Waals surface area contributed by atoms with Crippen LogP contribution in [0.3, 0.4) is 0 Å². The van der Waals surface area contributed by atoms with Gasteiger partial charge in [-0.05, 0) is 30.7 Å². The number of aliphatic hydroxyl groups is 1. The molecule has 12 heteroatoms. The molecular weight excluding hydrogens is 539 g/mol. The first-order valence-electron chi connectivity index (χ1n) is 13.3. The van der Waals surface area contributed by atoms with Crippen LogP contribution in [0.4, 0.5) is 4.39 Å². The Hall–Kier alpha value is -3.16. The summed E-state index contributed by atoms with van der Waals surface area (Å²) in [4.78, 5) is 17.3. The summed E-state index contributed by atoms with van der Waals surface area (Å²) in [5.74, 6) is -1.90. The number of fused-ring (bicyclic) bond motifs is 3. The first-order valence-corrected chi connectivity index (χ1v) is 15.0. The number of carbonyl (C=O) groups excluding carboxylic acids is 1. The molecule has 212 valence electrons. The van der Waals surface area contributed by atoms with E-state index in [4.69, 9.17) is 9.47 Å². The topological polar surface area (TPSA) is 114 Å². The van der Waals surface area contributed by atoms with E-state index in [1.807, 2.05) is 31.2 Å². The van der Waals surface area contributed by atoms with Gasteiger partial charge in [-0.15, -0.1) is 0 Å². The molecule has 0 aliphatic carbocycles. The molecule has 2 unspecified atom stereocenters. The molecule has 0 saturated carbocycles. The van der Waals surface area contributed by atoms with Crippen molar-refractivity contribution in [2.24, 2.45) is 0 Å². The van der Waals surface area contributed by atoms with Gasteiger partial charge in [0.2, 0.25) is 0 Å². The number of aromatic nitrogens is 2. The monoisotopic (exact) mass is 570 g/mol. The standard InChI is InChI=1S/C28H31FN4O6S/c1-18-13-32(21(15-34)16-39-18)28(35)25-23-17-40(36,37)27-22(3-2-4-24(27)29)26(23)33(30-25)20-7-5-19(6-8-20)14-31-9-11-38-12-10-31/h2-8,18,21,34H,9-17H2,1H3. The van der Waals surface area contributed by atoms with E-state index in [0.29, 0.717) is 24.6 Å². The van der Waals surface area contributed by atoms with Crippen molar-refractivity contribution in [3.63, 3.8) is 0 Å². The van der Waals surface area contributed by atoms with Crippen molar-refractivity contribution in [2.75, 3.05) is 46.1 Å². The number of benzene rings is 2. The smallest absolute Gasteiger partial charge is 0.275 e. The molecular formula is C28H31FN4O6S. The molecule has 3 aliphatic rings. The summed E-state index contributed by atoms with van der Waals surface area (Å²) in [6.45, 7) is 5.76. The minimum Gasteiger partial charge on any atom is -0.394 e. The zero-order chi connectivity index (χ0) is 28.0. The number of nitrogens with zero attached hydrogens (tertiary/aromatic N) is 4. The lowest BCUT2D eigenvalue weighted by Gasteiger charge is -2.37. The first-order chi connectivity index (χ1) is 19.3. The van der Waals surface area contributed by atoms with E-state index < -0.39 is 33.4 Å². The van der Waals surface area contributed by atoms with Crippen LogP contribution in [0.2, 0.25) is 0 Å². The second-order valence-corrected chi connectivity index (χ2v) is 12.4. The number of ether oxygens (including phenoxy) is 2. The van der Waals surface area contributed by atoms with Gasteiger partial charge in [-0.1, -0.05) is 24.3 Å². The summed E-state index contributed by atoms with van der Waals surface area (Å²) in [7, 11) is -4.08. The molecule has 40 heavy (non-hydrogen) atoms. The van der Waals surface area contributed by atoms with Gasteiger partial charge < -0.3 is 19.5 Å². The van der Waals surface area contributed by atoms with Gasteiger partial charge >= 0.3 is 0 Å². The molecule has 2 aromatic carbocycles. The Labute approximate surface area is 231 Å². The number of aliphatic hydroxyl groups excluding tert-OH is 1. The Bertz CT molecular complexity index is 1530. The van der Waals surface area contributed by atoms with Crippen molar-refractivity contribution in [1.82, 2.24) is 19.6 Å². The van der Waals surface area contributed by atoms with Crippen LogP contribution in [0.1, 0.15) is 28.5 Å². The maximum atomic E-state index is 14.9. The second kappa shape index (κ2) is 10.7. The van der Waals surface area contributed by atoms with Crippen LogP contribution in [0.5, 0.6) is 0 Å². The molecule has 2 saturated heterocycles. The second-order valence-electron chi connectivity index (χ2n) is 10.5. The number of morpholine rings is 2. The lowest BCUT2D eigenvalue weighted by Crippen LogP contribution is -2.53. The molecule has 2 atom stereocenters. The maximum Gasteiger partial charge on any atom is 0.275 e. The Kier molecular flexibility index (Phi) is 7.21. The van der Waals surface area contributed by atoms with Crippen LogP contribution in [0, 0.1) is 5.82 Å². The fraction of sp³-hybridized carbons (Fsp3) is 0.429. The van der Waals surface area contributed by atoms with E-state index in [0.717, 1.165) is 31.3 Å². The summed E-state index contributed by atoms with van der Waals surface area (Å²) < 4.78 is 54.1. The van der Waals surface area contributed by atoms with E-state index in [1.54, 1.807) is 6.07 Å². The zero-order valence-corrected chi connectivity index (χ0v) is 22.9. The van der Waals surface area contributed by atoms with E-state index in [-0.39, 0.29) is 47.6 Å². The number of hydrogen-bond acceptors (Lipinski definition) is 8. The predicted octanol–water partition coefficient (Wildman–Crippen LogP) is 2.02. The molecule has 0 bridgehead atoms. The Morgan fingerprint density at radius 2 is 1.90 bits per heavy atom. The number of rotatable bonds is 5. The highest BCUT2D eigenvalue weighted by Crippen LogP contribution is 2.42. The van der Waals surface area contributed by atoms with Crippen molar-refractivity contribution in [2.45, 2.75) is 36.3 Å². The number of carbonyl (C=O) groups is 1. The third-order valence-corrected chi connectivity index (χ3v) is 9.39. The molecule has 3 aromatic rings. The maximum absolute atomic E-state index is 14.9. The van der Waals surface area contributed by atoms with Gasteiger partial charge in [0.25, 0.3) is 5.91 Å². The fourth-order valence-corrected chi connectivity index (χ4v) is 7.30. The van der Waals surface area contributed by atoms with E-state index in [2.05, 4.69) is 10.00 Å². The van der Waals surface area contributed by atoms with Crippen LogP contribution in [-0.4, -0.2) is 97.2 Å². The van der Waals surface area contributed by atoms with Gasteiger partial charge in [0.15, 0.2) is 15.5 Å². The lowest BCUT2D eigenvalue weighted by molar-refractivity contribution is -0.0566. The van der Waals surface area contributed by atoms with Crippen LogP contribution in [-0.2, 0) is 31.6 Å². The average molecular weight is 571 g/mol. The number of amides is 1. The van der Waals surface area contributed by atoms with Gasteiger partial charge in [0, 0.05) is 37.3 Å². The summed E-state index contributed by atoms with van der Waals surface area (Å²) >= 11 is 0. The minimum absolute atomic E-state index is 0.0292. The third kappa shape index (κ3) is 4.83. The van der Waals surface area contributed by atoms with E-state index in [9.17, 15) is 22.7 Å². The van der Waals surface area contributed by atoms with Crippen LogP contribution < -0.4 is 0 Å². The Balaban J connectivity index is 1.46. The normalized spacial score (nSPS) is 22.5. The lowest BCUT2D eigenvalue weighted by atomic mass is 10.0. The number of hydrogen-bond donors (Lipinski definition) is 1. The van der Waals surface area contributed by atoms with Gasteiger partial charge in [-0.2, -0.15) is 5.10 Å². The van der Waals surface area contributed by atoms with Crippen molar-refractivity contribution < 1.29 is 32.2 Å². The molecule has 2 fully saturated rings. The fourth-order valence-electron chi connectivity index (χ4n) is 5.64. The quantitative estimate of drug-likeness (QED) is 0.496. The molecule has 1 N–H and O–H groups in total. The van der Waals surface area contributed by atoms with Crippen molar-refractivity contribution in [1.29, 1.82) is 0 Å². The molecule has 0 spiro atoms. The van der Waals surface area contributed by atoms with E-state index >= 15 is 0 Å². The van der Waals surface area contributed by atoms with Crippen LogP contribution in [0.15, 0.2) is 47.4 Å². The summed E-state index contributed by atoms with van der Waals surface area (Å²) in [5, 5.41) is 14.6. The van der Waals surface area contributed by atoms with Gasteiger partial charge in [-0.3, -0.25) is 9.69 Å². The highest BCUT2D eigenvalue weighted by Gasteiger charge is 2.40. The minimum atomic E-state index is -4.08. The zero-order valence-electron chi connectivity index (χ0n) is 22.1. The molecule has 3 aliphatic heterocycles. The van der Waals surface area contributed by atoms with Crippen LogP contribution in [0.25, 0.3) is 16.9 Å². The number of halogens is 1. The van der Waals surface area contributed by atoms with Gasteiger partial charge in [0.05, 0.1) is 55.7 Å². The number of sulfone groups is 1. The molecule has 4 heterocycles. The first kappa shape index (κ1) is 27.0. The summed E-state index contributed by atoms with van der Waals surface area (Å²) in [6, 6.07) is 11.2. The van der Waals surface area contributed by atoms with Crippen molar-refractivity contribution in [3.05, 3.63) is 65.1 Å². The average Bonchev–Trinajstić information content (AvgIpc) is 3.32. The summed E-state index contributed by atoms with van der Waals surface area (Å²) in [5.41, 5.74) is 2.43. The highest BCUT2D eigenvalue weighted by molar-refractivity contribution is 7.91. The molecule has 10 nitrogen and oxygen atoms in total. The predicted molar refractivity (Wildman–Crippen MR) is 143 cm³/mol. The Morgan fingerprint density at radius 3 is 2.62 bits per heavy atom. The molecule has 1 amide bonds. The molecule has 0 radical (unpaired) electrons. The third-order valence-electron chi connectivity index (χ3n) is 7.68. The van der Waals surface area contributed by atoms with Crippen LogP contribution >= 0.6 is 0 Å². The SMILES string of the molecule is CC1CN(C(=O)c2nn(-c3ccc(CN4CCOCC4)cc3)c3c2CS(=O)(=O)c2c(F)cccc2-3)C(CO)CO1. The van der Waals surface area contributed by atoms with Crippen molar-refractivity contribution >= 4 is 15.7 Å². The summed E-state index contributed by atoms with van der Waals surface area (Å²) in [6.07, 6.45) is -0.262. The largest absolute Gasteiger partial charge is 0.394 e. The van der Waals surface area contributed by atoms with Crippen molar-refractivity contribution in [3.8, 4) is 16.9 Å². The Morgan fingerprint density at radius 1 is 1.15 bits per heavy atom. The highest BCUT2D eigenvalue weighted by atomic mass is 32.2. The van der Waals surface area contributed by atoms with Gasteiger partial charge in [-0.25, -0.2) is 17.5 Å². The molecule has 1 aromatic heterocycles. The molecule has 6 rings (SSSR count).